The molecule has 3 unspecified atom stereocenters. The van der Waals surface area contributed by atoms with Gasteiger partial charge in [-0.25, -0.2) is 0 Å². The van der Waals surface area contributed by atoms with Gasteiger partial charge >= 0.3 is 0 Å². The van der Waals surface area contributed by atoms with Gasteiger partial charge in [0.1, 0.15) is 6.10 Å². The van der Waals surface area contributed by atoms with Gasteiger partial charge in [0.2, 0.25) is 5.91 Å². The maximum absolute atomic E-state index is 12.4. The molecule has 0 spiro atoms. The normalized spacial score (nSPS) is 13.4. The van der Waals surface area contributed by atoms with E-state index >= 15 is 0 Å². The standard InChI is InChI=1S/C46H93NO4/c1-3-5-7-9-11-13-14-15-16-17-18-19-20-21-22-23-24-25-26-27-28-29-30-31-32-33-35-37-39-41-45(50)47-43(42-48)46(51)44(49)40-38-36-34-12-10-8-6-4-2/h43-44,46,48-49,51H,3-42H2,1-2H3,(H,47,50). The molecule has 0 aliphatic heterocycles. The molecular formula is C46H93NO4. The molecule has 0 aliphatic rings. The van der Waals surface area contributed by atoms with E-state index in [0.717, 1.165) is 38.5 Å². The number of hydrogen-bond acceptors (Lipinski definition) is 4. The Labute approximate surface area is 319 Å². The first-order valence-corrected chi connectivity index (χ1v) is 23.3. The van der Waals surface area contributed by atoms with Gasteiger partial charge in [-0.2, -0.15) is 0 Å². The number of carbonyl (C=O) groups is 1. The van der Waals surface area contributed by atoms with Gasteiger partial charge in [0.25, 0.3) is 0 Å². The van der Waals surface area contributed by atoms with Crippen molar-refractivity contribution in [1.29, 1.82) is 0 Å². The minimum absolute atomic E-state index is 0.141. The summed E-state index contributed by atoms with van der Waals surface area (Å²) in [7, 11) is 0. The molecule has 5 nitrogen and oxygen atoms in total. The Morgan fingerprint density at radius 3 is 0.941 bits per heavy atom. The zero-order valence-corrected chi connectivity index (χ0v) is 34.8. The minimum Gasteiger partial charge on any atom is -0.394 e. The van der Waals surface area contributed by atoms with Gasteiger partial charge in [-0.1, -0.05) is 245 Å². The monoisotopic (exact) mass is 724 g/mol. The molecule has 3 atom stereocenters. The molecule has 51 heavy (non-hydrogen) atoms. The lowest BCUT2D eigenvalue weighted by molar-refractivity contribution is -0.124. The molecule has 0 rings (SSSR count). The van der Waals surface area contributed by atoms with Crippen LogP contribution >= 0.6 is 0 Å². The highest BCUT2D eigenvalue weighted by atomic mass is 16.3. The fraction of sp³-hybridized carbons (Fsp3) is 0.978. The van der Waals surface area contributed by atoms with Gasteiger partial charge < -0.3 is 20.6 Å². The fourth-order valence-corrected chi connectivity index (χ4v) is 7.58. The predicted octanol–water partition coefficient (Wildman–Crippen LogP) is 13.4. The summed E-state index contributed by atoms with van der Waals surface area (Å²) in [6, 6.07) is -0.801. The lowest BCUT2D eigenvalue weighted by atomic mass is 9.99. The molecule has 0 saturated heterocycles. The third-order valence-electron chi connectivity index (χ3n) is 11.2. The Hall–Kier alpha value is -0.650. The molecule has 5 heteroatoms. The van der Waals surface area contributed by atoms with E-state index in [1.165, 1.54) is 199 Å². The van der Waals surface area contributed by atoms with Crippen molar-refractivity contribution >= 4 is 5.91 Å². The molecule has 306 valence electrons. The van der Waals surface area contributed by atoms with Crippen LogP contribution in [0, 0.1) is 0 Å². The maximum atomic E-state index is 12.4. The lowest BCUT2D eigenvalue weighted by Gasteiger charge is -2.26. The van der Waals surface area contributed by atoms with E-state index in [-0.39, 0.29) is 12.5 Å². The SMILES string of the molecule is CCCCCCCCCCCCCCCCCCCCCCCCCCCCCCCC(=O)NC(CO)C(O)C(O)CCCCCCCCCC. The third-order valence-corrected chi connectivity index (χ3v) is 11.2. The van der Waals surface area contributed by atoms with Gasteiger partial charge in [0.05, 0.1) is 18.8 Å². The molecule has 0 fully saturated rings. The lowest BCUT2D eigenvalue weighted by Crippen LogP contribution is -2.50. The van der Waals surface area contributed by atoms with Gasteiger partial charge in [0.15, 0.2) is 0 Å². The number of unbranched alkanes of at least 4 members (excludes halogenated alkanes) is 35. The molecule has 0 saturated carbocycles. The number of rotatable bonds is 43. The van der Waals surface area contributed by atoms with Gasteiger partial charge in [0, 0.05) is 6.42 Å². The third kappa shape index (κ3) is 37.5. The van der Waals surface area contributed by atoms with Crippen molar-refractivity contribution in [2.75, 3.05) is 6.61 Å². The number of nitrogens with one attached hydrogen (secondary N) is 1. The van der Waals surface area contributed by atoms with Crippen molar-refractivity contribution in [3.63, 3.8) is 0 Å². The Balaban J connectivity index is 3.42. The van der Waals surface area contributed by atoms with Crippen LogP contribution in [0.5, 0.6) is 0 Å². The van der Waals surface area contributed by atoms with Crippen molar-refractivity contribution in [3.05, 3.63) is 0 Å². The summed E-state index contributed by atoms with van der Waals surface area (Å²) in [5.74, 6) is -0.141. The van der Waals surface area contributed by atoms with E-state index < -0.39 is 18.2 Å². The largest absolute Gasteiger partial charge is 0.394 e. The summed E-state index contributed by atoms with van der Waals surface area (Å²) >= 11 is 0. The second-order valence-corrected chi connectivity index (χ2v) is 16.3. The second kappa shape index (κ2) is 42.1. The van der Waals surface area contributed by atoms with Crippen LogP contribution in [0.1, 0.15) is 264 Å². The predicted molar refractivity (Wildman–Crippen MR) is 222 cm³/mol. The zero-order valence-electron chi connectivity index (χ0n) is 34.8. The quantitative estimate of drug-likeness (QED) is 0.0472. The Morgan fingerprint density at radius 2 is 0.667 bits per heavy atom. The van der Waals surface area contributed by atoms with E-state index in [1.54, 1.807) is 0 Å². The summed E-state index contributed by atoms with van der Waals surface area (Å²) < 4.78 is 0. The van der Waals surface area contributed by atoms with Crippen molar-refractivity contribution in [2.45, 2.75) is 283 Å². The zero-order chi connectivity index (χ0) is 37.3. The van der Waals surface area contributed by atoms with Crippen LogP contribution in [0.4, 0.5) is 0 Å². The second-order valence-electron chi connectivity index (χ2n) is 16.3. The van der Waals surface area contributed by atoms with E-state index in [0.29, 0.717) is 12.8 Å². The number of hydrogen-bond donors (Lipinski definition) is 4. The number of amides is 1. The molecule has 0 aromatic heterocycles. The highest BCUT2D eigenvalue weighted by Crippen LogP contribution is 2.17. The average molecular weight is 724 g/mol. The molecule has 0 aliphatic carbocycles. The summed E-state index contributed by atoms with van der Waals surface area (Å²) in [4.78, 5) is 12.4. The molecule has 1 amide bonds. The van der Waals surface area contributed by atoms with Crippen LogP contribution in [-0.2, 0) is 4.79 Å². The molecular weight excluding hydrogens is 631 g/mol. The summed E-state index contributed by atoms with van der Waals surface area (Å²) in [5, 5.41) is 33.3. The van der Waals surface area contributed by atoms with Crippen molar-refractivity contribution in [2.24, 2.45) is 0 Å². The van der Waals surface area contributed by atoms with Gasteiger partial charge in [-0.3, -0.25) is 4.79 Å². The van der Waals surface area contributed by atoms with Crippen LogP contribution < -0.4 is 5.32 Å². The molecule has 0 heterocycles. The Kier molecular flexibility index (Phi) is 41.6. The van der Waals surface area contributed by atoms with E-state index in [2.05, 4.69) is 19.2 Å². The topological polar surface area (TPSA) is 89.8 Å². The van der Waals surface area contributed by atoms with Crippen molar-refractivity contribution in [1.82, 2.24) is 5.32 Å². The summed E-state index contributed by atoms with van der Waals surface area (Å²) in [6.45, 7) is 4.16. The van der Waals surface area contributed by atoms with E-state index in [9.17, 15) is 20.1 Å². The Bertz CT molecular complexity index is 674. The highest BCUT2D eigenvalue weighted by Gasteiger charge is 2.26. The van der Waals surface area contributed by atoms with Crippen molar-refractivity contribution in [3.8, 4) is 0 Å². The maximum Gasteiger partial charge on any atom is 0.220 e. The highest BCUT2D eigenvalue weighted by molar-refractivity contribution is 5.76. The van der Waals surface area contributed by atoms with Gasteiger partial charge in [-0.05, 0) is 12.8 Å². The number of carbonyl (C=O) groups excluding carboxylic acids is 1. The molecule has 0 aromatic carbocycles. The molecule has 0 aromatic rings. The van der Waals surface area contributed by atoms with Crippen LogP contribution in [0.15, 0.2) is 0 Å². The summed E-state index contributed by atoms with van der Waals surface area (Å²) in [5.41, 5.74) is 0. The van der Waals surface area contributed by atoms with Crippen LogP contribution in [0.25, 0.3) is 0 Å². The Morgan fingerprint density at radius 1 is 0.412 bits per heavy atom. The first-order valence-electron chi connectivity index (χ1n) is 23.3. The average Bonchev–Trinajstić information content (AvgIpc) is 3.13. The van der Waals surface area contributed by atoms with Crippen molar-refractivity contribution < 1.29 is 20.1 Å². The number of aliphatic hydroxyl groups excluding tert-OH is 3. The van der Waals surface area contributed by atoms with E-state index in [4.69, 9.17) is 0 Å². The summed E-state index contributed by atoms with van der Waals surface area (Å²) in [6.07, 6.45) is 48.2. The number of aliphatic hydroxyl groups is 3. The minimum atomic E-state index is -1.13. The van der Waals surface area contributed by atoms with Gasteiger partial charge in [-0.15, -0.1) is 0 Å². The molecule has 0 radical (unpaired) electrons. The first kappa shape index (κ1) is 50.4. The van der Waals surface area contributed by atoms with Crippen LogP contribution in [0.2, 0.25) is 0 Å². The van der Waals surface area contributed by atoms with E-state index in [1.807, 2.05) is 0 Å². The molecule has 0 bridgehead atoms. The van der Waals surface area contributed by atoms with Crippen LogP contribution in [0.3, 0.4) is 0 Å². The smallest absolute Gasteiger partial charge is 0.220 e. The molecule has 4 N–H and O–H groups in total. The fourth-order valence-electron chi connectivity index (χ4n) is 7.58. The van der Waals surface area contributed by atoms with Crippen LogP contribution in [-0.4, -0.2) is 46.1 Å². The first-order chi connectivity index (χ1) is 25.1.